The molecule has 0 fully saturated rings. The Balaban J connectivity index is 0.000000125. The number of hydrogen-bond acceptors (Lipinski definition) is 15. The van der Waals surface area contributed by atoms with Gasteiger partial charge in [-0.2, -0.15) is 0 Å². The van der Waals surface area contributed by atoms with Gasteiger partial charge in [0.2, 0.25) is 27.1 Å². The van der Waals surface area contributed by atoms with Crippen molar-refractivity contribution in [3.8, 4) is 28.7 Å². The van der Waals surface area contributed by atoms with Crippen LogP contribution in [-0.4, -0.2) is 106 Å². The SMILES string of the molecule is CC(c1c(F)ccc(Cl)c1F)N1CCn2cc(O)c(=O)cc2C1.CCC(c1ccccc1)N1CCn2cc(O)c(=O)cc2C1.Cc1ccc(C)c(C(C)N2CCn3cc(O)c(=O)cc3C2)c1.O=c1cc2n(cc1O)CCN(C(Cc1ccccc1)c1ccccc1)C2.O=c1cc2n(cc1O)CCN(C1CCCCc3ccccc31)C2. The van der Waals surface area contributed by atoms with Crippen LogP contribution in [0.1, 0.15) is 155 Å². The number of rotatable bonds is 12. The second-order valence-electron chi connectivity index (χ2n) is 30.8. The first-order chi connectivity index (χ1) is 55.4. The molecule has 600 valence electrons. The van der Waals surface area contributed by atoms with Gasteiger partial charge >= 0.3 is 0 Å². The number of hydrogen-bond donors (Lipinski definition) is 5. The smallest absolute Gasteiger partial charge is 0.223 e. The van der Waals surface area contributed by atoms with Gasteiger partial charge in [-0.15, -0.1) is 0 Å². The highest BCUT2D eigenvalue weighted by Gasteiger charge is 2.32. The monoisotopic (exact) mass is 1580 g/mol. The molecule has 10 heterocycles. The molecule has 17 rings (SSSR count). The molecule has 0 bridgehead atoms. The summed E-state index contributed by atoms with van der Waals surface area (Å²) in [6, 6.07) is 57.6. The highest BCUT2D eigenvalue weighted by atomic mass is 35.5. The standard InChI is InChI=1S/C22H22N2O2.C19H22N2O2.C18H22N2O2.C17H20N2O2.C16H15ClF2N2O2/c25-21-14-19-15-24(12-11-23(19)16-22(21)26)20(18-9-5-2-6-10-18)13-17-7-3-1-4-8-17;22-18-11-15-12-21(10-9-20(15)13-19(18)23)17-8-4-2-6-14-5-1-3-7-16(14)17;1-12-4-5-13(2)16(8-12)14(3)19-6-7-20-11-18(22)17(21)9-15(20)10-19;1-2-15(13-6-4-3-5-7-13)19-9-8-18-12-17(21)16(20)10-14(18)11-19;1-9(15-12(18)3-2-11(17)16(15)19)20-4-5-21-8-14(23)13(22)6-10(21)7-20/h1-10,14,16,20,26H,11-13,15H2;1,3,5,7,11,13,17,23H,2,4,6,8-10,12H2;4-5,8-9,11,14,22H,6-7,10H2,1-3H3;3-7,10,12,15,21H,2,8-9,11H2,1H3;2-3,6,8-9,23H,4-5,7H2,1H3. The fourth-order valence-electron chi connectivity index (χ4n) is 17.0. The molecule has 23 heteroatoms. The third kappa shape index (κ3) is 19.5. The fraction of sp³-hybridized carbons (Fsp3) is 0.337. The number of pyridine rings is 5. The van der Waals surface area contributed by atoms with E-state index in [1.54, 1.807) is 60.5 Å². The van der Waals surface area contributed by atoms with Gasteiger partial charge in [0.25, 0.3) is 0 Å². The van der Waals surface area contributed by atoms with Crippen LogP contribution in [0.3, 0.4) is 0 Å². The van der Waals surface area contributed by atoms with Crippen LogP contribution in [0, 0.1) is 25.5 Å². The average Bonchev–Trinajstić information content (AvgIpc) is 1.13. The zero-order valence-electron chi connectivity index (χ0n) is 65.7. The molecule has 0 radical (unpaired) electrons. The van der Waals surface area contributed by atoms with Crippen molar-refractivity contribution in [2.24, 2.45) is 0 Å². The molecule has 5 N–H and O–H groups in total. The Bertz CT molecular complexity index is 5570. The summed E-state index contributed by atoms with van der Waals surface area (Å²) in [5, 5.41) is 47.7. The van der Waals surface area contributed by atoms with Crippen molar-refractivity contribution in [3.63, 3.8) is 0 Å². The molecule has 115 heavy (non-hydrogen) atoms. The molecule has 0 amide bonds. The first-order valence-electron chi connectivity index (χ1n) is 39.7. The van der Waals surface area contributed by atoms with Gasteiger partial charge in [-0.1, -0.05) is 164 Å². The summed E-state index contributed by atoms with van der Waals surface area (Å²) >= 11 is 5.75. The number of aromatic nitrogens is 5. The van der Waals surface area contributed by atoms with Crippen LogP contribution in [-0.2, 0) is 78.3 Å². The van der Waals surface area contributed by atoms with Gasteiger partial charge in [0.05, 0.1) is 36.0 Å². The Hall–Kier alpha value is -11.0. The number of aryl methyl sites for hydroxylation is 3. The minimum atomic E-state index is -0.757. The average molecular weight is 1580 g/mol. The van der Waals surface area contributed by atoms with E-state index >= 15 is 0 Å². The maximum absolute atomic E-state index is 14.2. The summed E-state index contributed by atoms with van der Waals surface area (Å²) < 4.78 is 37.9. The van der Waals surface area contributed by atoms with Crippen LogP contribution in [0.15, 0.2) is 231 Å². The van der Waals surface area contributed by atoms with Crippen LogP contribution >= 0.6 is 11.6 Å². The van der Waals surface area contributed by atoms with Crippen molar-refractivity contribution in [2.75, 3.05) is 32.7 Å². The van der Waals surface area contributed by atoms with Crippen molar-refractivity contribution in [1.82, 2.24) is 47.3 Å². The van der Waals surface area contributed by atoms with Gasteiger partial charge in [0.1, 0.15) is 11.6 Å². The van der Waals surface area contributed by atoms with Crippen molar-refractivity contribution < 1.29 is 34.3 Å². The Morgan fingerprint density at radius 1 is 0.435 bits per heavy atom. The normalized spacial score (nSPS) is 17.1. The minimum Gasteiger partial charge on any atom is -0.503 e. The Morgan fingerprint density at radius 3 is 1.33 bits per heavy atom. The Labute approximate surface area is 673 Å². The van der Waals surface area contributed by atoms with Crippen LogP contribution in [0.2, 0.25) is 5.02 Å². The van der Waals surface area contributed by atoms with Gasteiger partial charge in [0, 0.05) is 193 Å². The topological polar surface area (TPSA) is 227 Å². The van der Waals surface area contributed by atoms with E-state index in [0.717, 1.165) is 114 Å². The van der Waals surface area contributed by atoms with Crippen LogP contribution in [0.25, 0.3) is 0 Å². The predicted octanol–water partition coefficient (Wildman–Crippen LogP) is 14.5. The first kappa shape index (κ1) is 82.0. The molecule has 0 saturated carbocycles. The van der Waals surface area contributed by atoms with E-state index in [2.05, 4.69) is 163 Å². The maximum atomic E-state index is 14.2. The molecular weight excluding hydrogens is 1480 g/mol. The van der Waals surface area contributed by atoms with E-state index < -0.39 is 23.1 Å². The molecule has 6 aliphatic rings. The second-order valence-corrected chi connectivity index (χ2v) is 31.2. The van der Waals surface area contributed by atoms with E-state index in [-0.39, 0.29) is 67.1 Å². The quantitative estimate of drug-likeness (QED) is 0.0566. The van der Waals surface area contributed by atoms with Gasteiger partial charge in [0.15, 0.2) is 28.7 Å². The summed E-state index contributed by atoms with van der Waals surface area (Å²) in [5.41, 5.74) is 13.6. The van der Waals surface area contributed by atoms with Crippen molar-refractivity contribution in [2.45, 2.75) is 169 Å². The lowest BCUT2D eigenvalue weighted by atomic mass is 9.96. The third-order valence-corrected chi connectivity index (χ3v) is 23.7. The number of nitrogens with zero attached hydrogens (tertiary/aromatic N) is 10. The summed E-state index contributed by atoms with van der Waals surface area (Å²) in [6.45, 7) is 21.5. The molecule has 6 aromatic carbocycles. The predicted molar refractivity (Wildman–Crippen MR) is 444 cm³/mol. The second kappa shape index (κ2) is 37.1. The highest BCUT2D eigenvalue weighted by Crippen LogP contribution is 2.38. The molecule has 0 spiro atoms. The van der Waals surface area contributed by atoms with E-state index in [4.69, 9.17) is 11.6 Å². The molecular formula is C92H101ClF2N10O10. The van der Waals surface area contributed by atoms with Crippen molar-refractivity contribution >= 4 is 11.6 Å². The van der Waals surface area contributed by atoms with Crippen molar-refractivity contribution in [3.05, 3.63) is 353 Å². The highest BCUT2D eigenvalue weighted by molar-refractivity contribution is 6.30. The molecule has 1 aliphatic carbocycles. The summed E-state index contributed by atoms with van der Waals surface area (Å²) in [7, 11) is 0. The molecule has 5 aliphatic heterocycles. The zero-order valence-corrected chi connectivity index (χ0v) is 66.5. The van der Waals surface area contributed by atoms with E-state index in [1.165, 1.54) is 88.5 Å². The largest absolute Gasteiger partial charge is 0.503 e. The van der Waals surface area contributed by atoms with E-state index in [1.807, 2.05) is 41.4 Å². The molecule has 5 atom stereocenters. The summed E-state index contributed by atoms with van der Waals surface area (Å²) in [6.07, 6.45) is 14.4. The lowest BCUT2D eigenvalue weighted by Gasteiger charge is -2.37. The Morgan fingerprint density at radius 2 is 0.843 bits per heavy atom. The zero-order chi connectivity index (χ0) is 81.1. The van der Waals surface area contributed by atoms with Gasteiger partial charge in [-0.05, 0) is 111 Å². The third-order valence-electron chi connectivity index (χ3n) is 23.4. The molecule has 11 aromatic rings. The number of fused-ring (bicyclic) bond motifs is 6. The maximum Gasteiger partial charge on any atom is 0.223 e. The number of halogens is 3. The van der Waals surface area contributed by atoms with Crippen LogP contribution < -0.4 is 27.1 Å². The van der Waals surface area contributed by atoms with Gasteiger partial charge < -0.3 is 48.4 Å². The fourth-order valence-corrected chi connectivity index (χ4v) is 17.1. The molecule has 20 nitrogen and oxygen atoms in total. The molecule has 5 unspecified atom stereocenters. The molecule has 5 aromatic heterocycles. The number of aromatic hydroxyl groups is 5. The van der Waals surface area contributed by atoms with Crippen LogP contribution in [0.5, 0.6) is 28.7 Å². The molecule has 0 saturated heterocycles. The van der Waals surface area contributed by atoms with Crippen molar-refractivity contribution in [1.29, 1.82) is 0 Å². The lowest BCUT2D eigenvalue weighted by Crippen LogP contribution is -2.38. The van der Waals surface area contributed by atoms with Crippen LogP contribution in [0.4, 0.5) is 8.78 Å². The van der Waals surface area contributed by atoms with E-state index in [9.17, 15) is 58.3 Å². The number of benzene rings is 6. The van der Waals surface area contributed by atoms with Gasteiger partial charge in [-0.3, -0.25) is 48.5 Å². The first-order valence-corrected chi connectivity index (χ1v) is 40.1. The summed E-state index contributed by atoms with van der Waals surface area (Å²) in [4.78, 5) is 70.0. The van der Waals surface area contributed by atoms with E-state index in [0.29, 0.717) is 50.0 Å². The minimum absolute atomic E-state index is 0.0768. The lowest BCUT2D eigenvalue weighted by molar-refractivity contribution is 0.145. The van der Waals surface area contributed by atoms with Gasteiger partial charge in [-0.25, -0.2) is 8.78 Å². The Kier molecular flexibility index (Phi) is 26.5. The summed E-state index contributed by atoms with van der Waals surface area (Å²) in [5.74, 6) is -2.36.